The topological polar surface area (TPSA) is 70.9 Å². The van der Waals surface area contributed by atoms with Crippen LogP contribution in [0.4, 0.5) is 10.2 Å². The van der Waals surface area contributed by atoms with Crippen molar-refractivity contribution in [1.29, 1.82) is 0 Å². The van der Waals surface area contributed by atoms with E-state index < -0.39 is 0 Å². The summed E-state index contributed by atoms with van der Waals surface area (Å²) >= 11 is 0. The van der Waals surface area contributed by atoms with Crippen molar-refractivity contribution < 1.29 is 13.7 Å². The molecular weight excluding hydrogens is 345 g/mol. The summed E-state index contributed by atoms with van der Waals surface area (Å²) in [5, 5.41) is 7.57. The summed E-state index contributed by atoms with van der Waals surface area (Å²) < 4.78 is 18.3. The minimum atomic E-state index is -0.279. The summed E-state index contributed by atoms with van der Waals surface area (Å²) in [5.41, 5.74) is 3.81. The maximum absolute atomic E-state index is 13.3. The molecule has 2 N–H and O–H groups in total. The molecule has 0 aliphatic rings. The molecule has 4 aromatic rings. The number of aromatic nitrogens is 2. The summed E-state index contributed by atoms with van der Waals surface area (Å²) in [6, 6.07) is 16.0. The molecule has 0 unspecified atom stereocenters. The first-order valence-electron chi connectivity index (χ1n) is 8.69. The second-order valence-corrected chi connectivity index (χ2v) is 6.40. The fourth-order valence-electron chi connectivity index (χ4n) is 3.19. The fraction of sp³-hybridized carbons (Fsp3) is 0.143. The zero-order valence-electron chi connectivity index (χ0n) is 14.8. The molecule has 4 rings (SSSR count). The highest BCUT2D eigenvalue weighted by atomic mass is 19.1. The molecule has 0 aliphatic carbocycles. The van der Waals surface area contributed by atoms with Gasteiger partial charge in [0.05, 0.1) is 0 Å². The lowest BCUT2D eigenvalue weighted by Gasteiger charge is -2.06. The number of rotatable bonds is 5. The number of para-hydroxylation sites is 1. The zero-order valence-corrected chi connectivity index (χ0v) is 14.8. The highest BCUT2D eigenvalue weighted by Crippen LogP contribution is 2.31. The van der Waals surface area contributed by atoms with Crippen LogP contribution in [0.1, 0.15) is 17.7 Å². The number of aryl methyl sites for hydroxylation is 2. The summed E-state index contributed by atoms with van der Waals surface area (Å²) in [6.45, 7) is 1.77. The lowest BCUT2D eigenvalue weighted by atomic mass is 10.0. The third-order valence-electron chi connectivity index (χ3n) is 4.44. The van der Waals surface area contributed by atoms with E-state index in [9.17, 15) is 9.18 Å². The highest BCUT2D eigenvalue weighted by molar-refractivity contribution is 5.93. The molecule has 2 heterocycles. The number of anilines is 1. The van der Waals surface area contributed by atoms with Gasteiger partial charge in [0.25, 0.3) is 0 Å². The lowest BCUT2D eigenvalue weighted by molar-refractivity contribution is -0.116. The molecule has 136 valence electrons. The van der Waals surface area contributed by atoms with Gasteiger partial charge in [-0.1, -0.05) is 23.4 Å². The number of hydrogen-bond donors (Lipinski definition) is 2. The molecule has 2 aromatic carbocycles. The van der Waals surface area contributed by atoms with Gasteiger partial charge in [-0.15, -0.1) is 0 Å². The predicted octanol–water partition coefficient (Wildman–Crippen LogP) is 4.84. The number of carbonyl (C=O) groups is 1. The van der Waals surface area contributed by atoms with Gasteiger partial charge in [-0.05, 0) is 54.8 Å². The molecule has 0 atom stereocenters. The number of amides is 1. The molecule has 0 radical (unpaired) electrons. The van der Waals surface area contributed by atoms with Gasteiger partial charge in [-0.3, -0.25) is 4.79 Å². The molecule has 6 heteroatoms. The smallest absolute Gasteiger partial charge is 0.225 e. The largest absolute Gasteiger partial charge is 0.360 e. The Balaban J connectivity index is 1.60. The standard InChI is InChI=1S/C21H18FN3O2/c1-13-12-19(25-27-13)24-20(26)11-10-17-16-4-2-3-5-18(16)23-21(17)14-6-8-15(22)9-7-14/h2-9,12,23H,10-11H2,1H3,(H,24,25,26). The van der Waals surface area contributed by atoms with Gasteiger partial charge in [0, 0.05) is 29.1 Å². The Morgan fingerprint density at radius 2 is 1.96 bits per heavy atom. The SMILES string of the molecule is Cc1cc(NC(=O)CCc2c(-c3ccc(F)cc3)[nH]c3ccccc23)no1. The number of H-pyrrole nitrogens is 1. The fourth-order valence-corrected chi connectivity index (χ4v) is 3.19. The Morgan fingerprint density at radius 3 is 2.70 bits per heavy atom. The van der Waals surface area contributed by atoms with Crippen molar-refractivity contribution in [3.05, 3.63) is 71.7 Å². The normalized spacial score (nSPS) is 11.0. The van der Waals surface area contributed by atoms with Crippen molar-refractivity contribution in [3.8, 4) is 11.3 Å². The molecule has 27 heavy (non-hydrogen) atoms. The number of halogens is 1. The molecule has 1 amide bonds. The molecule has 0 saturated carbocycles. The van der Waals surface area contributed by atoms with Crippen LogP contribution in [0.15, 0.2) is 59.1 Å². The maximum atomic E-state index is 13.3. The van der Waals surface area contributed by atoms with Crippen molar-refractivity contribution in [1.82, 2.24) is 10.1 Å². The average Bonchev–Trinajstić information content (AvgIpc) is 3.24. The molecule has 5 nitrogen and oxygen atoms in total. The van der Waals surface area contributed by atoms with Crippen LogP contribution < -0.4 is 5.32 Å². The van der Waals surface area contributed by atoms with E-state index in [0.717, 1.165) is 27.7 Å². The van der Waals surface area contributed by atoms with E-state index in [1.54, 1.807) is 25.1 Å². The van der Waals surface area contributed by atoms with E-state index in [1.165, 1.54) is 12.1 Å². The first kappa shape index (κ1) is 17.0. The predicted molar refractivity (Wildman–Crippen MR) is 102 cm³/mol. The van der Waals surface area contributed by atoms with E-state index in [-0.39, 0.29) is 11.7 Å². The Labute approximate surface area is 155 Å². The maximum Gasteiger partial charge on any atom is 0.225 e. The highest BCUT2D eigenvalue weighted by Gasteiger charge is 2.15. The summed E-state index contributed by atoms with van der Waals surface area (Å²) in [4.78, 5) is 15.7. The number of aromatic amines is 1. The van der Waals surface area contributed by atoms with E-state index >= 15 is 0 Å². The molecule has 0 saturated heterocycles. The second-order valence-electron chi connectivity index (χ2n) is 6.40. The van der Waals surface area contributed by atoms with Crippen LogP contribution in [-0.4, -0.2) is 16.0 Å². The van der Waals surface area contributed by atoms with Crippen LogP contribution in [0, 0.1) is 12.7 Å². The van der Waals surface area contributed by atoms with Gasteiger partial charge in [-0.2, -0.15) is 0 Å². The number of hydrogen-bond acceptors (Lipinski definition) is 3. The Hall–Kier alpha value is -3.41. The van der Waals surface area contributed by atoms with E-state index in [2.05, 4.69) is 15.5 Å². The third kappa shape index (κ3) is 3.60. The molecule has 2 aromatic heterocycles. The minimum Gasteiger partial charge on any atom is -0.360 e. The van der Waals surface area contributed by atoms with Crippen molar-refractivity contribution in [3.63, 3.8) is 0 Å². The van der Waals surface area contributed by atoms with Crippen molar-refractivity contribution in [2.75, 3.05) is 5.32 Å². The van der Waals surface area contributed by atoms with Gasteiger partial charge >= 0.3 is 0 Å². The van der Waals surface area contributed by atoms with Gasteiger partial charge < -0.3 is 14.8 Å². The zero-order chi connectivity index (χ0) is 18.8. The number of carbonyl (C=O) groups excluding carboxylic acids is 1. The second kappa shape index (κ2) is 7.07. The van der Waals surface area contributed by atoms with Gasteiger partial charge in [0.15, 0.2) is 5.82 Å². The monoisotopic (exact) mass is 363 g/mol. The molecule has 0 fully saturated rings. The van der Waals surface area contributed by atoms with Crippen molar-refractivity contribution in [2.24, 2.45) is 0 Å². The average molecular weight is 363 g/mol. The van der Waals surface area contributed by atoms with E-state index in [0.29, 0.717) is 24.4 Å². The lowest BCUT2D eigenvalue weighted by Crippen LogP contribution is -2.12. The van der Waals surface area contributed by atoms with Crippen LogP contribution in [0.3, 0.4) is 0 Å². The van der Waals surface area contributed by atoms with Crippen molar-refractivity contribution >= 4 is 22.6 Å². The quantitative estimate of drug-likeness (QED) is 0.533. The first-order chi connectivity index (χ1) is 13.1. The Morgan fingerprint density at radius 1 is 1.19 bits per heavy atom. The van der Waals surface area contributed by atoms with Crippen LogP contribution in [-0.2, 0) is 11.2 Å². The van der Waals surface area contributed by atoms with Crippen LogP contribution >= 0.6 is 0 Å². The van der Waals surface area contributed by atoms with Crippen LogP contribution in [0.2, 0.25) is 0 Å². The van der Waals surface area contributed by atoms with Gasteiger partial charge in [-0.25, -0.2) is 4.39 Å². The molecular formula is C21H18FN3O2. The summed E-state index contributed by atoms with van der Waals surface area (Å²) in [6.07, 6.45) is 0.835. The van der Waals surface area contributed by atoms with Crippen LogP contribution in [0.5, 0.6) is 0 Å². The van der Waals surface area contributed by atoms with E-state index in [1.807, 2.05) is 24.3 Å². The number of nitrogens with zero attached hydrogens (tertiary/aromatic N) is 1. The molecule has 0 bridgehead atoms. The molecule has 0 spiro atoms. The third-order valence-corrected chi connectivity index (χ3v) is 4.44. The van der Waals surface area contributed by atoms with E-state index in [4.69, 9.17) is 4.52 Å². The van der Waals surface area contributed by atoms with Crippen molar-refractivity contribution in [2.45, 2.75) is 19.8 Å². The van der Waals surface area contributed by atoms with Gasteiger partial charge in [0.1, 0.15) is 11.6 Å². The number of nitrogens with one attached hydrogen (secondary N) is 2. The van der Waals surface area contributed by atoms with Gasteiger partial charge in [0.2, 0.25) is 5.91 Å². The Kier molecular flexibility index (Phi) is 4.46. The number of fused-ring (bicyclic) bond motifs is 1. The Bertz CT molecular complexity index is 1100. The number of benzene rings is 2. The summed E-state index contributed by atoms with van der Waals surface area (Å²) in [5.74, 6) is 0.632. The minimum absolute atomic E-state index is 0.140. The molecule has 0 aliphatic heterocycles. The van der Waals surface area contributed by atoms with Crippen LogP contribution in [0.25, 0.3) is 22.2 Å². The first-order valence-corrected chi connectivity index (χ1v) is 8.69. The summed E-state index contributed by atoms with van der Waals surface area (Å²) in [7, 11) is 0.